The maximum Gasteiger partial charge on any atom is 0.407 e. The molecular weight excluding hydrogens is 362 g/mol. The number of alkyl carbamates (subject to hydrolysis) is 1. The van der Waals surface area contributed by atoms with Gasteiger partial charge in [0.15, 0.2) is 0 Å². The highest BCUT2D eigenvalue weighted by atomic mass is 16.6. The van der Waals surface area contributed by atoms with Crippen LogP contribution in [0.25, 0.3) is 0 Å². The molecule has 164 valence electrons. The first kappa shape index (κ1) is 26.4. The molecule has 0 fully saturated rings. The molecule has 0 aromatic heterocycles. The third kappa shape index (κ3) is 12.7. The lowest BCUT2D eigenvalue weighted by atomic mass is 9.83. The Bertz CT molecular complexity index is 537. The van der Waals surface area contributed by atoms with Crippen LogP contribution in [-0.2, 0) is 19.1 Å². The Labute approximate surface area is 169 Å². The SMILES string of the molecule is CC(C)(C)OC[C@H](CC(=O)CC[C@H](NC(=O)OC(C)(C)C)C(C)(C)C)C(=O)O. The van der Waals surface area contributed by atoms with Gasteiger partial charge in [0.25, 0.3) is 0 Å². The van der Waals surface area contributed by atoms with Crippen molar-refractivity contribution >= 4 is 17.8 Å². The van der Waals surface area contributed by atoms with E-state index in [2.05, 4.69) is 5.32 Å². The number of aliphatic carboxylic acids is 1. The molecule has 0 rings (SSSR count). The average Bonchev–Trinajstić information content (AvgIpc) is 2.43. The Balaban J connectivity index is 4.80. The predicted octanol–water partition coefficient (Wildman–Crippen LogP) is 4.18. The number of rotatable bonds is 9. The van der Waals surface area contributed by atoms with E-state index in [0.717, 1.165) is 0 Å². The molecule has 0 bridgehead atoms. The zero-order chi connectivity index (χ0) is 22.3. The van der Waals surface area contributed by atoms with E-state index in [1.165, 1.54) is 0 Å². The second kappa shape index (κ2) is 10.2. The van der Waals surface area contributed by atoms with E-state index in [4.69, 9.17) is 9.47 Å². The van der Waals surface area contributed by atoms with E-state index < -0.39 is 29.2 Å². The maximum absolute atomic E-state index is 12.4. The first-order valence-electron chi connectivity index (χ1n) is 9.78. The van der Waals surface area contributed by atoms with Gasteiger partial charge in [-0.25, -0.2) is 4.79 Å². The van der Waals surface area contributed by atoms with Gasteiger partial charge in [0.2, 0.25) is 0 Å². The van der Waals surface area contributed by atoms with Crippen molar-refractivity contribution in [1.29, 1.82) is 0 Å². The molecule has 0 saturated heterocycles. The largest absolute Gasteiger partial charge is 0.481 e. The summed E-state index contributed by atoms with van der Waals surface area (Å²) in [5.41, 5.74) is -1.35. The summed E-state index contributed by atoms with van der Waals surface area (Å²) in [4.78, 5) is 35.9. The standard InChI is InChI=1S/C21H39NO6/c1-19(2,3)16(22-18(26)28-21(7,8)9)11-10-15(23)12-14(17(24)25)13-27-20(4,5)6/h14,16H,10-13H2,1-9H3,(H,22,26)(H,24,25)/t14-,16-/m0/s1. The Morgan fingerprint density at radius 1 is 0.929 bits per heavy atom. The quantitative estimate of drug-likeness (QED) is 0.601. The molecule has 0 saturated carbocycles. The molecular formula is C21H39NO6. The fourth-order valence-corrected chi connectivity index (χ4v) is 2.42. The third-order valence-corrected chi connectivity index (χ3v) is 3.99. The summed E-state index contributed by atoms with van der Waals surface area (Å²) in [6, 6.07) is -0.277. The molecule has 7 heteroatoms. The average molecular weight is 402 g/mol. The normalized spacial score (nSPS) is 14.9. The molecule has 0 aliphatic heterocycles. The summed E-state index contributed by atoms with van der Waals surface area (Å²) in [6.07, 6.45) is -0.0263. The van der Waals surface area contributed by atoms with Gasteiger partial charge in [0.1, 0.15) is 11.4 Å². The molecule has 0 unspecified atom stereocenters. The molecule has 0 aromatic carbocycles. The molecule has 0 heterocycles. The van der Waals surface area contributed by atoms with Gasteiger partial charge < -0.3 is 19.9 Å². The molecule has 2 N–H and O–H groups in total. The lowest BCUT2D eigenvalue weighted by molar-refractivity contribution is -0.148. The highest BCUT2D eigenvalue weighted by Crippen LogP contribution is 2.24. The summed E-state index contributed by atoms with van der Waals surface area (Å²) in [5.74, 6) is -2.08. The Kier molecular flexibility index (Phi) is 9.64. The van der Waals surface area contributed by atoms with Gasteiger partial charge in [0, 0.05) is 18.9 Å². The van der Waals surface area contributed by atoms with E-state index in [9.17, 15) is 19.5 Å². The zero-order valence-corrected chi connectivity index (χ0v) is 19.0. The van der Waals surface area contributed by atoms with E-state index in [-0.39, 0.29) is 36.7 Å². The van der Waals surface area contributed by atoms with Crippen LogP contribution < -0.4 is 5.32 Å². The van der Waals surface area contributed by atoms with Crippen molar-refractivity contribution in [2.45, 2.75) is 98.8 Å². The highest BCUT2D eigenvalue weighted by Gasteiger charge is 2.30. The first-order valence-corrected chi connectivity index (χ1v) is 9.78. The van der Waals surface area contributed by atoms with Crippen molar-refractivity contribution in [3.8, 4) is 0 Å². The van der Waals surface area contributed by atoms with E-state index in [0.29, 0.717) is 6.42 Å². The molecule has 0 aliphatic rings. The van der Waals surface area contributed by atoms with Crippen LogP contribution in [0.15, 0.2) is 0 Å². The molecule has 2 atom stereocenters. The fourth-order valence-electron chi connectivity index (χ4n) is 2.42. The Hall–Kier alpha value is -1.63. The topological polar surface area (TPSA) is 102 Å². The molecule has 0 radical (unpaired) electrons. The number of carboxylic acids is 1. The summed E-state index contributed by atoms with van der Waals surface area (Å²) < 4.78 is 10.8. The second-order valence-corrected chi connectivity index (χ2v) is 10.3. The molecule has 1 amide bonds. The van der Waals surface area contributed by atoms with Crippen LogP contribution in [0.1, 0.15) is 81.6 Å². The smallest absolute Gasteiger partial charge is 0.407 e. The van der Waals surface area contributed by atoms with Crippen molar-refractivity contribution in [3.63, 3.8) is 0 Å². The fraction of sp³-hybridized carbons (Fsp3) is 0.857. The lowest BCUT2D eigenvalue weighted by Crippen LogP contribution is -2.46. The Morgan fingerprint density at radius 2 is 1.46 bits per heavy atom. The van der Waals surface area contributed by atoms with Crippen LogP contribution in [-0.4, -0.2) is 46.8 Å². The van der Waals surface area contributed by atoms with Crippen LogP contribution in [0.3, 0.4) is 0 Å². The lowest BCUT2D eigenvalue weighted by Gasteiger charge is -2.32. The number of ether oxygens (including phenoxy) is 2. The van der Waals surface area contributed by atoms with Crippen molar-refractivity contribution < 1.29 is 29.0 Å². The molecule has 0 spiro atoms. The minimum atomic E-state index is -1.04. The number of Topliss-reactive ketones (excluding diaryl/α,β-unsaturated/α-hetero) is 1. The number of nitrogens with one attached hydrogen (secondary N) is 1. The predicted molar refractivity (Wildman–Crippen MR) is 108 cm³/mol. The third-order valence-electron chi connectivity index (χ3n) is 3.99. The monoisotopic (exact) mass is 401 g/mol. The van der Waals surface area contributed by atoms with Crippen molar-refractivity contribution in [3.05, 3.63) is 0 Å². The Morgan fingerprint density at radius 3 is 1.86 bits per heavy atom. The summed E-state index contributed by atoms with van der Waals surface area (Å²) >= 11 is 0. The van der Waals surface area contributed by atoms with Gasteiger partial charge in [-0.2, -0.15) is 0 Å². The van der Waals surface area contributed by atoms with Gasteiger partial charge in [0.05, 0.1) is 18.1 Å². The number of carbonyl (C=O) groups excluding carboxylic acids is 2. The van der Waals surface area contributed by atoms with Gasteiger partial charge in [-0.3, -0.25) is 9.59 Å². The van der Waals surface area contributed by atoms with E-state index in [1.54, 1.807) is 20.8 Å². The van der Waals surface area contributed by atoms with Crippen molar-refractivity contribution in [2.75, 3.05) is 6.61 Å². The van der Waals surface area contributed by atoms with Gasteiger partial charge in [-0.05, 0) is 53.4 Å². The van der Waals surface area contributed by atoms with E-state index >= 15 is 0 Å². The summed E-state index contributed by atoms with van der Waals surface area (Å²) in [6.45, 7) is 16.8. The van der Waals surface area contributed by atoms with Crippen LogP contribution in [0.2, 0.25) is 0 Å². The molecule has 7 nitrogen and oxygen atoms in total. The molecule has 28 heavy (non-hydrogen) atoms. The summed E-state index contributed by atoms with van der Waals surface area (Å²) in [5, 5.41) is 12.2. The first-order chi connectivity index (χ1) is 12.4. The number of hydrogen-bond acceptors (Lipinski definition) is 5. The molecule has 0 aliphatic carbocycles. The van der Waals surface area contributed by atoms with Crippen LogP contribution in [0.4, 0.5) is 4.79 Å². The minimum Gasteiger partial charge on any atom is -0.481 e. The minimum absolute atomic E-state index is 0.0105. The van der Waals surface area contributed by atoms with E-state index in [1.807, 2.05) is 41.5 Å². The number of carboxylic acid groups (broad SMARTS) is 1. The second-order valence-electron chi connectivity index (χ2n) is 10.3. The highest BCUT2D eigenvalue weighted by molar-refractivity contribution is 5.84. The zero-order valence-electron chi connectivity index (χ0n) is 19.0. The summed E-state index contributed by atoms with van der Waals surface area (Å²) in [7, 11) is 0. The van der Waals surface area contributed by atoms with Crippen molar-refractivity contribution in [1.82, 2.24) is 5.32 Å². The number of ketones is 1. The molecule has 0 aromatic rings. The van der Waals surface area contributed by atoms with Crippen molar-refractivity contribution in [2.24, 2.45) is 11.3 Å². The number of hydrogen-bond donors (Lipinski definition) is 2. The maximum atomic E-state index is 12.4. The number of carbonyl (C=O) groups is 3. The van der Waals surface area contributed by atoms with Crippen LogP contribution in [0.5, 0.6) is 0 Å². The van der Waals surface area contributed by atoms with Gasteiger partial charge in [-0.15, -0.1) is 0 Å². The van der Waals surface area contributed by atoms with Gasteiger partial charge >= 0.3 is 12.1 Å². The van der Waals surface area contributed by atoms with Gasteiger partial charge in [-0.1, -0.05) is 20.8 Å². The van der Waals surface area contributed by atoms with Crippen LogP contribution >= 0.6 is 0 Å². The van der Waals surface area contributed by atoms with Crippen LogP contribution in [0, 0.1) is 11.3 Å². The number of amides is 1.